The summed E-state index contributed by atoms with van der Waals surface area (Å²) in [6.07, 6.45) is -6.11. The first-order chi connectivity index (χ1) is 9.19. The molecule has 0 aromatic rings. The summed E-state index contributed by atoms with van der Waals surface area (Å²) in [5.41, 5.74) is 0. The first-order valence-electron chi connectivity index (χ1n) is 6.01. The fraction of sp³-hybridized carbons (Fsp3) is 1.00. The third kappa shape index (κ3) is 4.33. The molecule has 3 N–H and O–H groups in total. The summed E-state index contributed by atoms with van der Waals surface area (Å²) < 4.78 is 35.9. The van der Waals surface area contributed by atoms with Crippen LogP contribution in [0.5, 0.6) is 0 Å². The Balaban J connectivity index is 2.69. The quantitative estimate of drug-likeness (QED) is 0.389. The zero-order chi connectivity index (χ0) is 15.5. The Hall–Kier alpha value is -0.330. The standard InChI is InChI=1S/C10H20O9S/c1-5(2)10-9(13)8(12)7(11)6(18-10)4-17-20(14,15)19-16-3/h5-13H,4H2,1-3H3. The van der Waals surface area contributed by atoms with Gasteiger partial charge in [-0.15, -0.1) is 0 Å². The van der Waals surface area contributed by atoms with E-state index in [0.717, 1.165) is 7.11 Å². The molecule has 10 heteroatoms. The lowest BCUT2D eigenvalue weighted by Gasteiger charge is -2.42. The maximum Gasteiger partial charge on any atom is 0.426 e. The molecule has 9 nitrogen and oxygen atoms in total. The first kappa shape index (κ1) is 17.7. The Morgan fingerprint density at radius 3 is 2.25 bits per heavy atom. The summed E-state index contributed by atoms with van der Waals surface area (Å²) in [5.74, 6) is -0.151. The van der Waals surface area contributed by atoms with Crippen molar-refractivity contribution in [1.29, 1.82) is 0 Å². The average molecular weight is 316 g/mol. The summed E-state index contributed by atoms with van der Waals surface area (Å²) in [6.45, 7) is 2.92. The maximum atomic E-state index is 11.1. The lowest BCUT2D eigenvalue weighted by Crippen LogP contribution is -2.60. The minimum Gasteiger partial charge on any atom is -0.388 e. The fourth-order valence-corrected chi connectivity index (χ4v) is 2.43. The van der Waals surface area contributed by atoms with E-state index < -0.39 is 47.5 Å². The van der Waals surface area contributed by atoms with Crippen molar-refractivity contribution in [3.05, 3.63) is 0 Å². The smallest absolute Gasteiger partial charge is 0.388 e. The zero-order valence-corrected chi connectivity index (χ0v) is 12.2. The number of rotatable bonds is 6. The highest BCUT2D eigenvalue weighted by Crippen LogP contribution is 2.26. The van der Waals surface area contributed by atoms with Gasteiger partial charge in [0.15, 0.2) is 0 Å². The summed E-state index contributed by atoms with van der Waals surface area (Å²) >= 11 is 0. The monoisotopic (exact) mass is 316 g/mol. The van der Waals surface area contributed by atoms with Crippen LogP contribution in [0.3, 0.4) is 0 Å². The molecule has 0 aromatic heterocycles. The Morgan fingerprint density at radius 1 is 1.15 bits per heavy atom. The van der Waals surface area contributed by atoms with E-state index in [1.54, 1.807) is 13.8 Å². The molecule has 0 bridgehead atoms. The van der Waals surface area contributed by atoms with Gasteiger partial charge in [-0.05, 0) is 5.92 Å². The topological polar surface area (TPSA) is 132 Å². The second kappa shape index (κ2) is 7.09. The molecular weight excluding hydrogens is 296 g/mol. The molecule has 1 saturated heterocycles. The van der Waals surface area contributed by atoms with E-state index in [2.05, 4.69) is 13.4 Å². The number of aliphatic hydroxyl groups is 3. The molecule has 0 radical (unpaired) electrons. The van der Waals surface area contributed by atoms with E-state index in [9.17, 15) is 23.7 Å². The van der Waals surface area contributed by atoms with Crippen molar-refractivity contribution < 1.29 is 41.9 Å². The highest BCUT2D eigenvalue weighted by atomic mass is 32.3. The van der Waals surface area contributed by atoms with E-state index in [1.807, 2.05) is 0 Å². The molecule has 0 saturated carbocycles. The second-order valence-electron chi connectivity index (χ2n) is 4.78. The molecule has 1 rings (SSSR count). The number of ether oxygens (including phenoxy) is 1. The molecule has 5 atom stereocenters. The van der Waals surface area contributed by atoms with Crippen LogP contribution in [-0.4, -0.2) is 68.0 Å². The van der Waals surface area contributed by atoms with Crippen LogP contribution in [0.25, 0.3) is 0 Å². The van der Waals surface area contributed by atoms with E-state index in [0.29, 0.717) is 0 Å². The fourth-order valence-electron chi connectivity index (χ4n) is 1.92. The average Bonchev–Trinajstić information content (AvgIpc) is 2.34. The van der Waals surface area contributed by atoms with Crippen LogP contribution in [0.15, 0.2) is 0 Å². The van der Waals surface area contributed by atoms with Crippen LogP contribution in [0.1, 0.15) is 13.8 Å². The van der Waals surface area contributed by atoms with Gasteiger partial charge >= 0.3 is 10.4 Å². The molecule has 120 valence electrons. The SMILES string of the molecule is COOS(=O)(=O)OCC1OC(C(C)C)C(O)C(O)C1O. The summed E-state index contributed by atoms with van der Waals surface area (Å²) in [7, 11) is -3.39. The summed E-state index contributed by atoms with van der Waals surface area (Å²) in [4.78, 5) is 3.97. The van der Waals surface area contributed by atoms with Crippen LogP contribution in [0.4, 0.5) is 0 Å². The predicted octanol–water partition coefficient (Wildman–Crippen LogP) is -1.67. The van der Waals surface area contributed by atoms with Crippen molar-refractivity contribution >= 4 is 10.4 Å². The van der Waals surface area contributed by atoms with Gasteiger partial charge in [-0.25, -0.2) is 9.07 Å². The van der Waals surface area contributed by atoms with Crippen molar-refractivity contribution in [3.63, 3.8) is 0 Å². The molecule has 1 heterocycles. The largest absolute Gasteiger partial charge is 0.426 e. The Morgan fingerprint density at radius 2 is 1.75 bits per heavy atom. The molecule has 0 aliphatic carbocycles. The normalized spacial score (nSPS) is 35.5. The lowest BCUT2D eigenvalue weighted by molar-refractivity contribution is -0.239. The van der Waals surface area contributed by atoms with Crippen molar-refractivity contribution in [2.45, 2.75) is 44.4 Å². The van der Waals surface area contributed by atoms with Gasteiger partial charge in [-0.3, -0.25) is 0 Å². The second-order valence-corrected chi connectivity index (χ2v) is 5.97. The molecule has 1 aliphatic rings. The molecular formula is C10H20O9S. The zero-order valence-electron chi connectivity index (χ0n) is 11.4. The van der Waals surface area contributed by atoms with E-state index in [1.165, 1.54) is 0 Å². The van der Waals surface area contributed by atoms with Gasteiger partial charge < -0.3 is 20.1 Å². The molecule has 1 fully saturated rings. The molecule has 5 unspecified atom stereocenters. The van der Waals surface area contributed by atoms with Gasteiger partial charge in [0, 0.05) is 0 Å². The Kier molecular flexibility index (Phi) is 6.28. The van der Waals surface area contributed by atoms with E-state index >= 15 is 0 Å². The lowest BCUT2D eigenvalue weighted by atomic mass is 9.90. The molecule has 0 aromatic carbocycles. The van der Waals surface area contributed by atoms with Gasteiger partial charge in [0.2, 0.25) is 0 Å². The predicted molar refractivity (Wildman–Crippen MR) is 64.5 cm³/mol. The minimum atomic E-state index is -4.38. The maximum absolute atomic E-state index is 11.1. The third-order valence-electron chi connectivity index (χ3n) is 2.93. The summed E-state index contributed by atoms with van der Waals surface area (Å²) in [6, 6.07) is 0. The molecule has 1 aliphatic heterocycles. The van der Waals surface area contributed by atoms with Crippen LogP contribution in [-0.2, 0) is 28.5 Å². The van der Waals surface area contributed by atoms with Crippen LogP contribution < -0.4 is 0 Å². The molecule has 0 amide bonds. The van der Waals surface area contributed by atoms with Gasteiger partial charge in [0.05, 0.1) is 19.8 Å². The van der Waals surface area contributed by atoms with Crippen LogP contribution >= 0.6 is 0 Å². The van der Waals surface area contributed by atoms with E-state index in [-0.39, 0.29) is 5.92 Å². The van der Waals surface area contributed by atoms with Crippen molar-refractivity contribution in [2.24, 2.45) is 5.92 Å². The van der Waals surface area contributed by atoms with Gasteiger partial charge in [-0.2, -0.15) is 8.42 Å². The van der Waals surface area contributed by atoms with Gasteiger partial charge in [0.1, 0.15) is 24.4 Å². The molecule has 0 spiro atoms. The minimum absolute atomic E-state index is 0.151. The van der Waals surface area contributed by atoms with Crippen LogP contribution in [0, 0.1) is 5.92 Å². The highest BCUT2D eigenvalue weighted by molar-refractivity contribution is 7.81. The van der Waals surface area contributed by atoms with Gasteiger partial charge in [0.25, 0.3) is 0 Å². The van der Waals surface area contributed by atoms with Crippen molar-refractivity contribution in [1.82, 2.24) is 0 Å². The van der Waals surface area contributed by atoms with Crippen molar-refractivity contribution in [3.8, 4) is 0 Å². The Bertz CT molecular complexity index is 396. The molecule has 20 heavy (non-hydrogen) atoms. The van der Waals surface area contributed by atoms with Crippen molar-refractivity contribution in [2.75, 3.05) is 13.7 Å². The first-order valence-corrected chi connectivity index (χ1v) is 7.34. The van der Waals surface area contributed by atoms with Gasteiger partial charge in [-0.1, -0.05) is 18.2 Å². The Labute approximate surface area is 117 Å². The van der Waals surface area contributed by atoms with E-state index in [4.69, 9.17) is 4.74 Å². The highest BCUT2D eigenvalue weighted by Gasteiger charge is 2.45. The summed E-state index contributed by atoms with van der Waals surface area (Å²) in [5, 5.41) is 29.2. The number of hydrogen-bond donors (Lipinski definition) is 3. The van der Waals surface area contributed by atoms with Crippen LogP contribution in [0.2, 0.25) is 0 Å². The number of hydrogen-bond acceptors (Lipinski definition) is 9. The number of aliphatic hydroxyl groups excluding tert-OH is 3. The third-order valence-corrected chi connectivity index (χ3v) is 3.66.